The van der Waals surface area contributed by atoms with Crippen molar-refractivity contribution in [3.63, 3.8) is 0 Å². The van der Waals surface area contributed by atoms with Gasteiger partial charge in [0.1, 0.15) is 5.75 Å². The molecule has 0 fully saturated rings. The van der Waals surface area contributed by atoms with Crippen molar-refractivity contribution in [2.45, 2.75) is 13.5 Å². The Labute approximate surface area is 157 Å². The van der Waals surface area contributed by atoms with E-state index in [1.165, 1.54) is 0 Å². The van der Waals surface area contributed by atoms with Crippen LogP contribution in [0, 0.1) is 0 Å². The zero-order valence-corrected chi connectivity index (χ0v) is 15.3. The number of nitrogens with zero attached hydrogens (tertiary/aromatic N) is 1. The fourth-order valence-electron chi connectivity index (χ4n) is 2.97. The van der Waals surface area contributed by atoms with Crippen molar-refractivity contribution >= 4 is 29.2 Å². The third-order valence-electron chi connectivity index (χ3n) is 4.29. The van der Waals surface area contributed by atoms with E-state index in [1.807, 2.05) is 59.2 Å². The number of benzene rings is 2. The van der Waals surface area contributed by atoms with Crippen LogP contribution in [0.25, 0.3) is 17.0 Å². The summed E-state index contributed by atoms with van der Waals surface area (Å²) in [4.78, 5) is 24.0. The average molecular weight is 363 g/mol. The molecular formula is C22H21NO4. The molecule has 3 aromatic rings. The van der Waals surface area contributed by atoms with Crippen LogP contribution in [0.5, 0.6) is 5.75 Å². The van der Waals surface area contributed by atoms with Gasteiger partial charge in [0.15, 0.2) is 6.29 Å². The van der Waals surface area contributed by atoms with Crippen LogP contribution in [-0.4, -0.2) is 30.5 Å². The molecule has 0 bridgehead atoms. The number of carbonyl (C=O) groups excluding carboxylic acids is 2. The zero-order chi connectivity index (χ0) is 19.2. The highest BCUT2D eigenvalue weighted by Gasteiger charge is 2.16. The Morgan fingerprint density at radius 1 is 1.11 bits per heavy atom. The molecule has 3 rings (SSSR count). The molecule has 0 unspecified atom stereocenters. The first-order valence-corrected chi connectivity index (χ1v) is 8.71. The lowest BCUT2D eigenvalue weighted by Crippen LogP contribution is -2.14. The number of rotatable bonds is 7. The Morgan fingerprint density at radius 3 is 2.52 bits per heavy atom. The number of aldehydes is 1. The van der Waals surface area contributed by atoms with E-state index in [4.69, 9.17) is 9.47 Å². The summed E-state index contributed by atoms with van der Waals surface area (Å²) < 4.78 is 12.2. The third kappa shape index (κ3) is 4.08. The van der Waals surface area contributed by atoms with Crippen molar-refractivity contribution in [3.8, 4) is 5.75 Å². The van der Waals surface area contributed by atoms with Crippen molar-refractivity contribution in [3.05, 3.63) is 71.4 Å². The lowest BCUT2D eigenvalue weighted by Gasteiger charge is -2.11. The van der Waals surface area contributed by atoms with Gasteiger partial charge in [0.25, 0.3) is 0 Å². The quantitative estimate of drug-likeness (QED) is 0.360. The number of esters is 1. The summed E-state index contributed by atoms with van der Waals surface area (Å²) >= 11 is 0. The number of para-hydroxylation sites is 1. The van der Waals surface area contributed by atoms with Gasteiger partial charge in [-0.05, 0) is 42.8 Å². The number of hydrogen-bond acceptors (Lipinski definition) is 4. The molecule has 0 N–H and O–H groups in total. The van der Waals surface area contributed by atoms with Gasteiger partial charge in [0, 0.05) is 10.9 Å². The summed E-state index contributed by atoms with van der Waals surface area (Å²) in [7, 11) is 1.60. The minimum absolute atomic E-state index is 0.243. The Balaban J connectivity index is 2.03. The number of hydrogen-bond donors (Lipinski definition) is 0. The van der Waals surface area contributed by atoms with E-state index in [2.05, 4.69) is 0 Å². The summed E-state index contributed by atoms with van der Waals surface area (Å²) in [6, 6.07) is 16.9. The van der Waals surface area contributed by atoms with Crippen LogP contribution in [0.2, 0.25) is 0 Å². The van der Waals surface area contributed by atoms with Crippen LogP contribution in [0.15, 0.2) is 60.2 Å². The van der Waals surface area contributed by atoms with Crippen LogP contribution in [0.4, 0.5) is 0 Å². The van der Waals surface area contributed by atoms with E-state index < -0.39 is 5.97 Å². The van der Waals surface area contributed by atoms with Gasteiger partial charge >= 0.3 is 5.97 Å². The Morgan fingerprint density at radius 2 is 1.85 bits per heavy atom. The van der Waals surface area contributed by atoms with Gasteiger partial charge in [-0.1, -0.05) is 30.3 Å². The molecule has 1 heterocycles. The van der Waals surface area contributed by atoms with Crippen LogP contribution >= 0.6 is 0 Å². The van der Waals surface area contributed by atoms with Gasteiger partial charge in [-0.3, -0.25) is 4.79 Å². The number of methoxy groups -OCH3 is 1. The maximum absolute atomic E-state index is 12.5. The van der Waals surface area contributed by atoms with E-state index in [-0.39, 0.29) is 13.2 Å². The third-order valence-corrected chi connectivity index (χ3v) is 4.29. The molecule has 0 saturated heterocycles. The second kappa shape index (κ2) is 8.36. The van der Waals surface area contributed by atoms with Gasteiger partial charge < -0.3 is 14.0 Å². The SMILES string of the molecule is CCOC(=O)/C(=C\c1ccc(OC)cc1)Cn1c(C=O)cc2ccccc21. The highest BCUT2D eigenvalue weighted by molar-refractivity contribution is 5.95. The minimum Gasteiger partial charge on any atom is -0.497 e. The van der Waals surface area contributed by atoms with Crippen LogP contribution in [0.3, 0.4) is 0 Å². The number of fused-ring (bicyclic) bond motifs is 1. The molecule has 27 heavy (non-hydrogen) atoms. The number of carbonyl (C=O) groups is 2. The average Bonchev–Trinajstić information content (AvgIpc) is 3.06. The highest BCUT2D eigenvalue weighted by Crippen LogP contribution is 2.22. The normalized spacial score (nSPS) is 11.4. The summed E-state index contributed by atoms with van der Waals surface area (Å²) in [5, 5.41) is 0.951. The molecule has 2 aromatic carbocycles. The van der Waals surface area contributed by atoms with E-state index in [0.29, 0.717) is 11.3 Å². The van der Waals surface area contributed by atoms with Gasteiger partial charge in [0.05, 0.1) is 31.5 Å². The van der Waals surface area contributed by atoms with E-state index in [9.17, 15) is 9.59 Å². The number of aromatic nitrogens is 1. The Bertz CT molecular complexity index is 983. The summed E-state index contributed by atoms with van der Waals surface area (Å²) in [5.74, 6) is 0.340. The van der Waals surface area contributed by atoms with Gasteiger partial charge in [-0.2, -0.15) is 0 Å². The standard InChI is InChI=1S/C22H21NO4/c1-3-27-22(25)18(12-16-8-10-20(26-2)11-9-16)14-23-19(15-24)13-17-6-4-5-7-21(17)23/h4-13,15H,3,14H2,1-2H3/b18-12-. The topological polar surface area (TPSA) is 57.5 Å². The molecule has 0 aliphatic carbocycles. The Kier molecular flexibility index (Phi) is 5.71. The van der Waals surface area contributed by atoms with Crippen molar-refractivity contribution in [2.75, 3.05) is 13.7 Å². The van der Waals surface area contributed by atoms with Gasteiger partial charge in [0.2, 0.25) is 0 Å². The molecule has 0 aliphatic heterocycles. The van der Waals surface area contributed by atoms with Crippen LogP contribution < -0.4 is 4.74 Å². The number of ether oxygens (including phenoxy) is 2. The second-order valence-corrected chi connectivity index (χ2v) is 6.00. The van der Waals surface area contributed by atoms with E-state index in [0.717, 1.165) is 28.5 Å². The molecule has 1 aromatic heterocycles. The second-order valence-electron chi connectivity index (χ2n) is 6.00. The molecule has 0 radical (unpaired) electrons. The molecule has 5 heteroatoms. The first kappa shape index (κ1) is 18.5. The lowest BCUT2D eigenvalue weighted by molar-refractivity contribution is -0.138. The van der Waals surface area contributed by atoms with Crippen LogP contribution in [0.1, 0.15) is 23.0 Å². The van der Waals surface area contributed by atoms with Crippen molar-refractivity contribution < 1.29 is 19.1 Å². The summed E-state index contributed by atoms with van der Waals surface area (Å²) in [6.45, 7) is 2.29. The van der Waals surface area contributed by atoms with Gasteiger partial charge in [-0.15, -0.1) is 0 Å². The summed E-state index contributed by atoms with van der Waals surface area (Å²) in [6.07, 6.45) is 2.58. The molecule has 0 atom stereocenters. The molecule has 0 saturated carbocycles. The highest BCUT2D eigenvalue weighted by atomic mass is 16.5. The maximum atomic E-state index is 12.5. The maximum Gasteiger partial charge on any atom is 0.335 e. The van der Waals surface area contributed by atoms with Crippen LogP contribution in [-0.2, 0) is 16.1 Å². The predicted octanol–water partition coefficient (Wildman–Crippen LogP) is 4.11. The Hall–Kier alpha value is -3.34. The first-order valence-electron chi connectivity index (χ1n) is 8.71. The van der Waals surface area contributed by atoms with E-state index >= 15 is 0 Å². The van der Waals surface area contributed by atoms with Crippen molar-refractivity contribution in [1.29, 1.82) is 0 Å². The fourth-order valence-corrected chi connectivity index (χ4v) is 2.97. The summed E-state index contributed by atoms with van der Waals surface area (Å²) in [5.41, 5.74) is 2.72. The first-order chi connectivity index (χ1) is 13.2. The molecule has 0 amide bonds. The predicted molar refractivity (Wildman–Crippen MR) is 105 cm³/mol. The smallest absolute Gasteiger partial charge is 0.335 e. The van der Waals surface area contributed by atoms with Crippen molar-refractivity contribution in [1.82, 2.24) is 4.57 Å². The molecular weight excluding hydrogens is 342 g/mol. The molecule has 138 valence electrons. The molecule has 0 spiro atoms. The fraction of sp³-hybridized carbons (Fsp3) is 0.182. The zero-order valence-electron chi connectivity index (χ0n) is 15.3. The molecule has 0 aliphatic rings. The monoisotopic (exact) mass is 363 g/mol. The van der Waals surface area contributed by atoms with Crippen molar-refractivity contribution in [2.24, 2.45) is 0 Å². The van der Waals surface area contributed by atoms with E-state index in [1.54, 1.807) is 20.1 Å². The van der Waals surface area contributed by atoms with Gasteiger partial charge in [-0.25, -0.2) is 4.79 Å². The minimum atomic E-state index is -0.400. The lowest BCUT2D eigenvalue weighted by atomic mass is 10.1. The molecule has 5 nitrogen and oxygen atoms in total. The largest absolute Gasteiger partial charge is 0.497 e.